The Bertz CT molecular complexity index is 325. The third-order valence-electron chi connectivity index (χ3n) is 2.14. The first kappa shape index (κ1) is 16.8. The van der Waals surface area contributed by atoms with Gasteiger partial charge in [0.1, 0.15) is 6.04 Å². The number of carbonyl (C=O) groups is 3. The van der Waals surface area contributed by atoms with Gasteiger partial charge in [0.25, 0.3) is 0 Å². The Morgan fingerprint density at radius 1 is 1.33 bits per heavy atom. The third-order valence-corrected chi connectivity index (χ3v) is 3.12. The second-order valence-corrected chi connectivity index (χ2v) is 6.08. The molecule has 0 aromatic carbocycles. The van der Waals surface area contributed by atoms with Crippen LogP contribution in [0.5, 0.6) is 0 Å². The summed E-state index contributed by atoms with van der Waals surface area (Å²) in [6.07, 6.45) is 0.164. The number of aliphatic carboxylic acids is 1. The van der Waals surface area contributed by atoms with Crippen LogP contribution in [0.2, 0.25) is 0 Å². The first-order valence-corrected chi connectivity index (χ1v) is 6.68. The molecule has 0 aliphatic heterocycles. The van der Waals surface area contributed by atoms with Gasteiger partial charge < -0.3 is 16.2 Å². The molecular weight excluding hydrogens is 256 g/mol. The van der Waals surface area contributed by atoms with Gasteiger partial charge in [-0.15, -0.1) is 0 Å². The third kappa shape index (κ3) is 7.16. The van der Waals surface area contributed by atoms with E-state index in [0.717, 1.165) is 0 Å². The largest absolute Gasteiger partial charge is 0.480 e. The lowest BCUT2D eigenvalue weighted by Gasteiger charge is -2.27. The SMILES string of the molecule is CC(C)(C)C(NC(=O)CCSCC(N)=O)C(=O)O. The molecular formula is C11H20N2O4S. The van der Waals surface area contributed by atoms with Crippen LogP contribution in [0.1, 0.15) is 27.2 Å². The van der Waals surface area contributed by atoms with Gasteiger partial charge in [0, 0.05) is 12.2 Å². The van der Waals surface area contributed by atoms with E-state index in [4.69, 9.17) is 10.8 Å². The summed E-state index contributed by atoms with van der Waals surface area (Å²) in [5.41, 5.74) is 4.40. The average Bonchev–Trinajstić information content (AvgIpc) is 2.18. The zero-order valence-corrected chi connectivity index (χ0v) is 11.7. The molecule has 0 saturated carbocycles. The van der Waals surface area contributed by atoms with Gasteiger partial charge >= 0.3 is 5.97 Å². The zero-order chi connectivity index (χ0) is 14.3. The molecule has 0 aromatic rings. The summed E-state index contributed by atoms with van der Waals surface area (Å²) in [5.74, 6) is -1.23. The Balaban J connectivity index is 4.12. The molecule has 104 valence electrons. The molecule has 7 heteroatoms. The van der Waals surface area contributed by atoms with Gasteiger partial charge in [-0.25, -0.2) is 4.79 Å². The maximum atomic E-state index is 11.5. The number of thioether (sulfide) groups is 1. The van der Waals surface area contributed by atoms with E-state index in [0.29, 0.717) is 5.75 Å². The number of carbonyl (C=O) groups excluding carboxylic acids is 2. The molecule has 0 rings (SSSR count). The van der Waals surface area contributed by atoms with Crippen molar-refractivity contribution in [3.63, 3.8) is 0 Å². The van der Waals surface area contributed by atoms with Crippen LogP contribution < -0.4 is 11.1 Å². The first-order valence-electron chi connectivity index (χ1n) is 5.53. The van der Waals surface area contributed by atoms with Crippen LogP contribution in [0.4, 0.5) is 0 Å². The summed E-state index contributed by atoms with van der Waals surface area (Å²) in [6, 6.07) is -0.925. The van der Waals surface area contributed by atoms with E-state index < -0.39 is 23.3 Å². The Morgan fingerprint density at radius 3 is 2.28 bits per heavy atom. The second kappa shape index (κ2) is 7.25. The summed E-state index contributed by atoms with van der Waals surface area (Å²) in [4.78, 5) is 33.0. The van der Waals surface area contributed by atoms with E-state index in [-0.39, 0.29) is 18.1 Å². The van der Waals surface area contributed by atoms with Gasteiger partial charge in [-0.3, -0.25) is 9.59 Å². The van der Waals surface area contributed by atoms with Crippen LogP contribution in [0.25, 0.3) is 0 Å². The number of nitrogens with two attached hydrogens (primary N) is 1. The molecule has 18 heavy (non-hydrogen) atoms. The Labute approximate surface area is 111 Å². The van der Waals surface area contributed by atoms with Crippen molar-refractivity contribution in [3.8, 4) is 0 Å². The summed E-state index contributed by atoms with van der Waals surface area (Å²) in [7, 11) is 0. The van der Waals surface area contributed by atoms with Crippen molar-refractivity contribution < 1.29 is 19.5 Å². The summed E-state index contributed by atoms with van der Waals surface area (Å²) in [6.45, 7) is 5.23. The van der Waals surface area contributed by atoms with Gasteiger partial charge in [0.2, 0.25) is 11.8 Å². The van der Waals surface area contributed by atoms with E-state index in [2.05, 4.69) is 5.32 Å². The molecule has 0 aliphatic carbocycles. The number of carboxylic acids is 1. The smallest absolute Gasteiger partial charge is 0.326 e. The molecule has 0 fully saturated rings. The minimum Gasteiger partial charge on any atom is -0.480 e. The van der Waals surface area contributed by atoms with Gasteiger partial charge in [-0.2, -0.15) is 11.8 Å². The Kier molecular flexibility index (Phi) is 6.75. The van der Waals surface area contributed by atoms with Gasteiger partial charge in [-0.05, 0) is 5.41 Å². The van der Waals surface area contributed by atoms with Crippen molar-refractivity contribution in [2.75, 3.05) is 11.5 Å². The van der Waals surface area contributed by atoms with Crippen molar-refractivity contribution in [1.29, 1.82) is 0 Å². The van der Waals surface area contributed by atoms with Crippen LogP contribution in [0, 0.1) is 5.41 Å². The molecule has 0 spiro atoms. The van der Waals surface area contributed by atoms with Crippen LogP contribution in [-0.2, 0) is 14.4 Å². The maximum absolute atomic E-state index is 11.5. The molecule has 1 atom stereocenters. The highest BCUT2D eigenvalue weighted by atomic mass is 32.2. The summed E-state index contributed by atoms with van der Waals surface area (Å²) in [5, 5.41) is 11.5. The molecule has 6 nitrogen and oxygen atoms in total. The average molecular weight is 276 g/mol. The minimum atomic E-state index is -1.05. The first-order chi connectivity index (χ1) is 8.14. The normalized spacial score (nSPS) is 12.8. The fourth-order valence-corrected chi connectivity index (χ4v) is 1.89. The highest BCUT2D eigenvalue weighted by molar-refractivity contribution is 7.99. The number of carboxylic acid groups (broad SMARTS) is 1. The quantitative estimate of drug-likeness (QED) is 0.576. The van der Waals surface area contributed by atoms with E-state index in [1.165, 1.54) is 11.8 Å². The van der Waals surface area contributed by atoms with E-state index in [1.54, 1.807) is 20.8 Å². The number of nitrogens with one attached hydrogen (secondary N) is 1. The maximum Gasteiger partial charge on any atom is 0.326 e. The number of hydrogen-bond donors (Lipinski definition) is 3. The zero-order valence-electron chi connectivity index (χ0n) is 10.9. The van der Waals surface area contributed by atoms with E-state index >= 15 is 0 Å². The molecule has 0 aliphatic rings. The highest BCUT2D eigenvalue weighted by Crippen LogP contribution is 2.19. The molecule has 0 bridgehead atoms. The number of hydrogen-bond acceptors (Lipinski definition) is 4. The number of rotatable bonds is 7. The molecule has 1 unspecified atom stereocenters. The van der Waals surface area contributed by atoms with Crippen molar-refractivity contribution in [3.05, 3.63) is 0 Å². The lowest BCUT2D eigenvalue weighted by Crippen LogP contribution is -2.49. The monoisotopic (exact) mass is 276 g/mol. The predicted molar refractivity (Wildman–Crippen MR) is 70.2 cm³/mol. The predicted octanol–water partition coefficient (Wildman–Crippen LogP) is 0.211. The summed E-state index contributed by atoms with van der Waals surface area (Å²) >= 11 is 1.25. The van der Waals surface area contributed by atoms with Gasteiger partial charge in [-0.1, -0.05) is 20.8 Å². The van der Waals surface area contributed by atoms with E-state index in [1.807, 2.05) is 0 Å². The fourth-order valence-electron chi connectivity index (χ4n) is 1.22. The lowest BCUT2D eigenvalue weighted by atomic mass is 9.87. The highest BCUT2D eigenvalue weighted by Gasteiger charge is 2.32. The van der Waals surface area contributed by atoms with Crippen molar-refractivity contribution >= 4 is 29.5 Å². The lowest BCUT2D eigenvalue weighted by molar-refractivity contribution is -0.144. The molecule has 0 saturated heterocycles. The van der Waals surface area contributed by atoms with Gasteiger partial charge in [0.05, 0.1) is 5.75 Å². The van der Waals surface area contributed by atoms with Crippen LogP contribution >= 0.6 is 11.8 Å². The van der Waals surface area contributed by atoms with Crippen molar-refractivity contribution in [1.82, 2.24) is 5.32 Å². The second-order valence-electron chi connectivity index (χ2n) is 4.97. The Hall–Kier alpha value is -1.24. The summed E-state index contributed by atoms with van der Waals surface area (Å²) < 4.78 is 0. The number of amides is 2. The molecule has 0 aromatic heterocycles. The van der Waals surface area contributed by atoms with Crippen molar-refractivity contribution in [2.24, 2.45) is 11.1 Å². The fraction of sp³-hybridized carbons (Fsp3) is 0.727. The van der Waals surface area contributed by atoms with Crippen LogP contribution in [-0.4, -0.2) is 40.4 Å². The topological polar surface area (TPSA) is 109 Å². The molecule has 4 N–H and O–H groups in total. The van der Waals surface area contributed by atoms with Crippen molar-refractivity contribution in [2.45, 2.75) is 33.2 Å². The van der Waals surface area contributed by atoms with Crippen LogP contribution in [0.15, 0.2) is 0 Å². The van der Waals surface area contributed by atoms with Crippen LogP contribution in [0.3, 0.4) is 0 Å². The standard InChI is InChI=1S/C11H20N2O4S/c1-11(2,3)9(10(16)17)13-8(15)4-5-18-6-7(12)14/h9H,4-6H2,1-3H3,(H2,12,14)(H,13,15)(H,16,17). The van der Waals surface area contributed by atoms with E-state index in [9.17, 15) is 14.4 Å². The molecule has 0 heterocycles. The minimum absolute atomic E-state index is 0.162. The number of primary amides is 1. The molecule has 2 amide bonds. The van der Waals surface area contributed by atoms with Gasteiger partial charge in [0.15, 0.2) is 0 Å². The molecule has 0 radical (unpaired) electrons. The Morgan fingerprint density at radius 2 is 1.89 bits per heavy atom.